The molecule has 8 nitrogen and oxygen atoms in total. The predicted octanol–water partition coefficient (Wildman–Crippen LogP) is 5.26. The van der Waals surface area contributed by atoms with Crippen LogP contribution >= 0.6 is 0 Å². The third-order valence-electron chi connectivity index (χ3n) is 4.63. The fourth-order valence-corrected chi connectivity index (χ4v) is 2.98. The van der Waals surface area contributed by atoms with E-state index in [9.17, 15) is 4.79 Å². The van der Waals surface area contributed by atoms with Crippen LogP contribution in [0.4, 0.5) is 5.69 Å². The minimum Gasteiger partial charge on any atom is -0.484 e. The number of nitrogens with zero attached hydrogens (tertiary/aromatic N) is 3. The van der Waals surface area contributed by atoms with Gasteiger partial charge in [0.15, 0.2) is 6.61 Å². The molecule has 0 spiro atoms. The van der Waals surface area contributed by atoms with Gasteiger partial charge in [0, 0.05) is 24.1 Å². The van der Waals surface area contributed by atoms with Gasteiger partial charge in [-0.05, 0) is 73.2 Å². The van der Waals surface area contributed by atoms with Crippen molar-refractivity contribution < 1.29 is 19.0 Å². The summed E-state index contributed by atoms with van der Waals surface area (Å²) in [4.78, 5) is 20.5. The lowest BCUT2D eigenvalue weighted by Crippen LogP contribution is -2.20. The van der Waals surface area contributed by atoms with Crippen LogP contribution in [0.3, 0.4) is 0 Å². The van der Waals surface area contributed by atoms with Crippen molar-refractivity contribution in [3.05, 3.63) is 96.3 Å². The maximum absolute atomic E-state index is 12.4. The summed E-state index contributed by atoms with van der Waals surface area (Å²) >= 11 is 0. The molecule has 1 amide bonds. The molecule has 0 atom stereocenters. The van der Waals surface area contributed by atoms with E-state index < -0.39 is 0 Å². The number of benzene rings is 2. The standard InChI is InChI=1S/C26H20N4O4/c1-18-15-22(34-26-19(16-27)5-4-14-29-26)11-12-23(18)30-24(31)17-32-20-7-9-21(10-8-20)33-25-6-2-3-13-28-25/h2-15H,17H2,1H3,(H,30,31). The molecule has 0 aliphatic carbocycles. The molecule has 0 aliphatic heterocycles. The van der Waals surface area contributed by atoms with Gasteiger partial charge in [0.2, 0.25) is 11.8 Å². The van der Waals surface area contributed by atoms with Crippen molar-refractivity contribution in [3.63, 3.8) is 0 Å². The van der Waals surface area contributed by atoms with Gasteiger partial charge in [-0.15, -0.1) is 0 Å². The van der Waals surface area contributed by atoms with Gasteiger partial charge in [0.1, 0.15) is 28.9 Å². The van der Waals surface area contributed by atoms with E-state index in [1.165, 1.54) is 0 Å². The van der Waals surface area contributed by atoms with Crippen LogP contribution in [0.15, 0.2) is 85.2 Å². The van der Waals surface area contributed by atoms with E-state index in [0.717, 1.165) is 5.56 Å². The summed E-state index contributed by atoms with van der Waals surface area (Å²) in [5.41, 5.74) is 1.75. The van der Waals surface area contributed by atoms with Crippen LogP contribution in [0.2, 0.25) is 0 Å². The molecule has 2 aromatic carbocycles. The molecule has 4 rings (SSSR count). The van der Waals surface area contributed by atoms with Crippen LogP contribution in [-0.4, -0.2) is 22.5 Å². The molecule has 0 unspecified atom stereocenters. The van der Waals surface area contributed by atoms with Crippen molar-refractivity contribution in [2.45, 2.75) is 6.92 Å². The van der Waals surface area contributed by atoms with Crippen LogP contribution in [0.5, 0.6) is 29.0 Å². The first kappa shape index (κ1) is 22.3. The van der Waals surface area contributed by atoms with Crippen LogP contribution < -0.4 is 19.5 Å². The number of nitriles is 1. The van der Waals surface area contributed by atoms with E-state index in [0.29, 0.717) is 34.4 Å². The number of ether oxygens (including phenoxy) is 3. The van der Waals surface area contributed by atoms with Crippen molar-refractivity contribution in [1.82, 2.24) is 9.97 Å². The topological polar surface area (TPSA) is 106 Å². The summed E-state index contributed by atoms with van der Waals surface area (Å²) in [5, 5.41) is 12.0. The van der Waals surface area contributed by atoms with Gasteiger partial charge in [0.05, 0.1) is 0 Å². The van der Waals surface area contributed by atoms with Gasteiger partial charge in [-0.2, -0.15) is 5.26 Å². The Kier molecular flexibility index (Phi) is 6.96. The summed E-state index contributed by atoms with van der Waals surface area (Å²) in [6, 6.07) is 22.8. The molecule has 0 bridgehead atoms. The molecule has 0 saturated carbocycles. The number of anilines is 1. The second kappa shape index (κ2) is 10.6. The Labute approximate surface area is 196 Å². The number of pyridine rings is 2. The minimum absolute atomic E-state index is 0.155. The van der Waals surface area contributed by atoms with E-state index in [-0.39, 0.29) is 18.4 Å². The first-order chi connectivity index (χ1) is 16.6. The van der Waals surface area contributed by atoms with E-state index >= 15 is 0 Å². The Morgan fingerprint density at radius 3 is 2.41 bits per heavy atom. The zero-order chi connectivity index (χ0) is 23.8. The molecular formula is C26H20N4O4. The lowest BCUT2D eigenvalue weighted by atomic mass is 10.2. The lowest BCUT2D eigenvalue weighted by Gasteiger charge is -2.12. The molecule has 8 heteroatoms. The Bertz CT molecular complexity index is 1320. The monoisotopic (exact) mass is 452 g/mol. The summed E-state index contributed by atoms with van der Waals surface area (Å²) in [7, 11) is 0. The number of rotatable bonds is 8. The Morgan fingerprint density at radius 2 is 1.68 bits per heavy atom. The summed E-state index contributed by atoms with van der Waals surface area (Å²) in [6.07, 6.45) is 3.21. The Hall–Kier alpha value is -4.90. The zero-order valence-corrected chi connectivity index (χ0v) is 18.3. The molecular weight excluding hydrogens is 432 g/mol. The smallest absolute Gasteiger partial charge is 0.262 e. The number of carbonyl (C=O) groups excluding carboxylic acids is 1. The zero-order valence-electron chi connectivity index (χ0n) is 18.3. The molecule has 0 saturated heterocycles. The van der Waals surface area contributed by atoms with Gasteiger partial charge < -0.3 is 19.5 Å². The number of nitrogens with one attached hydrogen (secondary N) is 1. The van der Waals surface area contributed by atoms with E-state index in [1.807, 2.05) is 25.1 Å². The fraction of sp³-hybridized carbons (Fsp3) is 0.0769. The average Bonchev–Trinajstić information content (AvgIpc) is 2.86. The highest BCUT2D eigenvalue weighted by Gasteiger charge is 2.10. The average molecular weight is 452 g/mol. The van der Waals surface area contributed by atoms with Crippen LogP contribution in [0, 0.1) is 18.3 Å². The van der Waals surface area contributed by atoms with Crippen molar-refractivity contribution in [3.8, 4) is 35.1 Å². The van der Waals surface area contributed by atoms with Crippen molar-refractivity contribution in [2.75, 3.05) is 11.9 Å². The van der Waals surface area contributed by atoms with Gasteiger partial charge in [-0.25, -0.2) is 9.97 Å². The van der Waals surface area contributed by atoms with Crippen molar-refractivity contribution >= 4 is 11.6 Å². The normalized spacial score (nSPS) is 10.1. The third-order valence-corrected chi connectivity index (χ3v) is 4.63. The van der Waals surface area contributed by atoms with Crippen LogP contribution in [0.25, 0.3) is 0 Å². The molecule has 1 N–H and O–H groups in total. The minimum atomic E-state index is -0.304. The second-order valence-electron chi connectivity index (χ2n) is 7.13. The second-order valence-corrected chi connectivity index (χ2v) is 7.13. The van der Waals surface area contributed by atoms with Gasteiger partial charge in [-0.1, -0.05) is 6.07 Å². The molecule has 0 fully saturated rings. The molecule has 168 valence electrons. The lowest BCUT2D eigenvalue weighted by molar-refractivity contribution is -0.118. The highest BCUT2D eigenvalue weighted by Crippen LogP contribution is 2.27. The SMILES string of the molecule is Cc1cc(Oc2ncccc2C#N)ccc1NC(=O)COc1ccc(Oc2ccccn2)cc1. The number of aromatic nitrogens is 2. The quantitative estimate of drug-likeness (QED) is 0.389. The molecule has 2 heterocycles. The van der Waals surface area contributed by atoms with Gasteiger partial charge in [-0.3, -0.25) is 4.79 Å². The first-order valence-electron chi connectivity index (χ1n) is 10.4. The maximum Gasteiger partial charge on any atom is 0.262 e. The number of hydrogen-bond donors (Lipinski definition) is 1. The number of amides is 1. The molecule has 2 aromatic heterocycles. The Balaban J connectivity index is 1.30. The summed E-state index contributed by atoms with van der Waals surface area (Å²) in [6.45, 7) is 1.69. The van der Waals surface area contributed by atoms with E-state index in [2.05, 4.69) is 15.3 Å². The van der Waals surface area contributed by atoms with Crippen LogP contribution in [-0.2, 0) is 4.79 Å². The summed E-state index contributed by atoms with van der Waals surface area (Å²) < 4.78 is 16.9. The third kappa shape index (κ3) is 5.87. The molecule has 0 aliphatic rings. The molecule has 34 heavy (non-hydrogen) atoms. The van der Waals surface area contributed by atoms with Gasteiger partial charge in [0.25, 0.3) is 5.91 Å². The molecule has 4 aromatic rings. The highest BCUT2D eigenvalue weighted by atomic mass is 16.5. The number of aryl methyl sites for hydroxylation is 1. The predicted molar refractivity (Wildman–Crippen MR) is 125 cm³/mol. The fourth-order valence-electron chi connectivity index (χ4n) is 2.98. The number of hydrogen-bond acceptors (Lipinski definition) is 7. The van der Waals surface area contributed by atoms with Crippen LogP contribution in [0.1, 0.15) is 11.1 Å². The molecule has 0 radical (unpaired) electrons. The maximum atomic E-state index is 12.4. The van der Waals surface area contributed by atoms with E-state index in [4.69, 9.17) is 19.5 Å². The highest BCUT2D eigenvalue weighted by molar-refractivity contribution is 5.92. The van der Waals surface area contributed by atoms with Crippen molar-refractivity contribution in [2.24, 2.45) is 0 Å². The summed E-state index contributed by atoms with van der Waals surface area (Å²) in [5.74, 6) is 2.07. The number of carbonyl (C=O) groups is 1. The van der Waals surface area contributed by atoms with E-state index in [1.54, 1.807) is 73.1 Å². The van der Waals surface area contributed by atoms with Crippen molar-refractivity contribution in [1.29, 1.82) is 5.26 Å². The van der Waals surface area contributed by atoms with Gasteiger partial charge >= 0.3 is 0 Å². The first-order valence-corrected chi connectivity index (χ1v) is 10.4. The Morgan fingerprint density at radius 1 is 0.912 bits per heavy atom. The largest absolute Gasteiger partial charge is 0.484 e.